The van der Waals surface area contributed by atoms with Crippen LogP contribution in [-0.2, 0) is 33.3 Å². The van der Waals surface area contributed by atoms with Crippen LogP contribution in [0.1, 0.15) is 68.7 Å². The summed E-state index contributed by atoms with van der Waals surface area (Å²) >= 11 is 0. The van der Waals surface area contributed by atoms with Crippen molar-refractivity contribution in [1.82, 2.24) is 9.80 Å². The molecule has 3 heterocycles. The van der Waals surface area contributed by atoms with Gasteiger partial charge in [-0.1, -0.05) is 20.8 Å². The Morgan fingerprint density at radius 3 is 2.20 bits per heavy atom. The summed E-state index contributed by atoms with van der Waals surface area (Å²) < 4.78 is 81.3. The Bertz CT molecular complexity index is 1140. The van der Waals surface area contributed by atoms with Gasteiger partial charge in [0.1, 0.15) is 6.04 Å². The lowest BCUT2D eigenvalue weighted by Gasteiger charge is -2.52. The van der Waals surface area contributed by atoms with Crippen molar-refractivity contribution in [3.8, 4) is 0 Å². The van der Waals surface area contributed by atoms with Crippen LogP contribution in [0.2, 0.25) is 0 Å². The van der Waals surface area contributed by atoms with Gasteiger partial charge in [-0.05, 0) is 55.0 Å². The van der Waals surface area contributed by atoms with Gasteiger partial charge in [-0.25, -0.2) is 0 Å². The van der Waals surface area contributed by atoms with E-state index in [0.717, 1.165) is 11.0 Å². The average Bonchev–Trinajstić information content (AvgIpc) is 2.78. The number of amides is 2. The van der Waals surface area contributed by atoms with Crippen LogP contribution in [0.15, 0.2) is 17.8 Å². The van der Waals surface area contributed by atoms with Gasteiger partial charge in [0, 0.05) is 11.1 Å². The van der Waals surface area contributed by atoms with Crippen molar-refractivity contribution in [2.24, 2.45) is 5.41 Å². The smallest absolute Gasteiger partial charge is 0.316 e. The zero-order valence-corrected chi connectivity index (χ0v) is 19.3. The first-order valence-electron chi connectivity index (χ1n) is 11.3. The van der Waals surface area contributed by atoms with Gasteiger partial charge < -0.3 is 9.80 Å². The van der Waals surface area contributed by atoms with Gasteiger partial charge in [0.2, 0.25) is 11.7 Å². The lowest BCUT2D eigenvalue weighted by Crippen LogP contribution is -2.65. The maximum atomic E-state index is 13.7. The maximum absolute atomic E-state index is 13.7. The Balaban J connectivity index is 1.86. The molecule has 1 aromatic carbocycles. The number of nitrogens with zero attached hydrogens (tertiary/aromatic N) is 2. The quantitative estimate of drug-likeness (QED) is 0.423. The standard InChI is InChI=1S/C24H24F6N2O3/c1-4-22(2,3)19(33)21(35)32-16-6-5-7-17(32)20(34)31-11-14-12(9-18(16)31)8-13(23(25,26)27)10-15(14)24(28,29)30/h8-10,16-17H,4-7,11H2,1-3H3. The van der Waals surface area contributed by atoms with E-state index in [-0.39, 0.29) is 23.7 Å². The highest BCUT2D eigenvalue weighted by Gasteiger charge is 2.52. The summed E-state index contributed by atoms with van der Waals surface area (Å²) in [5.74, 6) is -2.18. The molecule has 2 unspecified atom stereocenters. The van der Waals surface area contributed by atoms with E-state index in [4.69, 9.17) is 0 Å². The number of carbonyl (C=O) groups is 3. The molecule has 0 N–H and O–H groups in total. The Labute approximate surface area is 197 Å². The van der Waals surface area contributed by atoms with E-state index >= 15 is 0 Å². The molecular weight excluding hydrogens is 478 g/mol. The third-order valence-electron chi connectivity index (χ3n) is 7.29. The van der Waals surface area contributed by atoms with Crippen molar-refractivity contribution < 1.29 is 40.7 Å². The molecule has 190 valence electrons. The molecule has 2 atom stereocenters. The highest BCUT2D eigenvalue weighted by molar-refractivity contribution is 6.38. The molecule has 3 aliphatic rings. The van der Waals surface area contributed by atoms with Gasteiger partial charge in [0.25, 0.3) is 5.91 Å². The number of alkyl halides is 6. The predicted molar refractivity (Wildman–Crippen MR) is 112 cm³/mol. The van der Waals surface area contributed by atoms with E-state index in [1.54, 1.807) is 20.8 Å². The molecule has 0 aliphatic carbocycles. The molecule has 2 saturated heterocycles. The second-order valence-electron chi connectivity index (χ2n) is 9.82. The van der Waals surface area contributed by atoms with E-state index in [2.05, 4.69) is 0 Å². The van der Waals surface area contributed by atoms with Gasteiger partial charge >= 0.3 is 12.4 Å². The van der Waals surface area contributed by atoms with Gasteiger partial charge in [-0.3, -0.25) is 14.4 Å². The van der Waals surface area contributed by atoms with E-state index in [1.165, 1.54) is 4.90 Å². The number of Topliss-reactive ketones (excluding diaryl/α,β-unsaturated/α-hetero) is 1. The highest BCUT2D eigenvalue weighted by atomic mass is 19.4. The van der Waals surface area contributed by atoms with Crippen LogP contribution in [0.3, 0.4) is 0 Å². The maximum Gasteiger partial charge on any atom is 0.416 e. The first-order valence-corrected chi connectivity index (χ1v) is 11.3. The van der Waals surface area contributed by atoms with Crippen molar-refractivity contribution in [2.75, 3.05) is 0 Å². The fourth-order valence-corrected chi connectivity index (χ4v) is 4.95. The van der Waals surface area contributed by atoms with Crippen molar-refractivity contribution in [2.45, 2.75) is 77.4 Å². The van der Waals surface area contributed by atoms with E-state index < -0.39 is 70.7 Å². The summed E-state index contributed by atoms with van der Waals surface area (Å²) in [7, 11) is 0. The predicted octanol–water partition coefficient (Wildman–Crippen LogP) is 5.18. The Hall–Kier alpha value is -2.85. The molecule has 0 aromatic heterocycles. The van der Waals surface area contributed by atoms with E-state index in [1.807, 2.05) is 0 Å². The summed E-state index contributed by atoms with van der Waals surface area (Å²) in [6, 6.07) is -1.12. The fourth-order valence-electron chi connectivity index (χ4n) is 4.95. The van der Waals surface area contributed by atoms with Gasteiger partial charge in [-0.15, -0.1) is 0 Å². The second kappa shape index (κ2) is 8.09. The third-order valence-corrected chi connectivity index (χ3v) is 7.29. The molecule has 11 heteroatoms. The monoisotopic (exact) mass is 502 g/mol. The van der Waals surface area contributed by atoms with Crippen molar-refractivity contribution in [1.29, 1.82) is 0 Å². The Morgan fingerprint density at radius 2 is 1.63 bits per heavy atom. The molecule has 35 heavy (non-hydrogen) atoms. The minimum absolute atomic E-state index is 0.0637. The molecule has 1 aromatic rings. The lowest BCUT2D eigenvalue weighted by atomic mass is 9.80. The van der Waals surface area contributed by atoms with Gasteiger partial charge in [0.05, 0.1) is 23.7 Å². The SMILES string of the molecule is CCC(C)(C)C(=O)C(=O)N1C2CCCC1C1=Cc3cc(C(F)(F)F)cc(C(F)(F)F)c3CN1C2=O. The molecule has 2 fully saturated rings. The number of benzene rings is 1. The number of piperidine rings is 1. The van der Waals surface area contributed by atoms with E-state index in [0.29, 0.717) is 25.3 Å². The number of fused-ring (bicyclic) bond motifs is 5. The number of halogens is 6. The number of carbonyl (C=O) groups excluding carboxylic acids is 3. The first kappa shape index (κ1) is 25.2. The average molecular weight is 502 g/mol. The molecule has 5 nitrogen and oxygen atoms in total. The summed E-state index contributed by atoms with van der Waals surface area (Å²) in [5, 5.41) is 0. The first-order chi connectivity index (χ1) is 16.1. The van der Waals surface area contributed by atoms with Crippen LogP contribution in [0, 0.1) is 5.41 Å². The minimum atomic E-state index is -5.06. The van der Waals surface area contributed by atoms with Gasteiger partial charge in [-0.2, -0.15) is 26.3 Å². The summed E-state index contributed by atoms with van der Waals surface area (Å²) in [6.45, 7) is 4.39. The van der Waals surface area contributed by atoms with Crippen LogP contribution < -0.4 is 0 Å². The molecule has 3 aliphatic heterocycles. The molecule has 4 rings (SSSR count). The van der Waals surface area contributed by atoms with Crippen molar-refractivity contribution in [3.63, 3.8) is 0 Å². The second-order valence-corrected chi connectivity index (χ2v) is 9.82. The normalized spacial score (nSPS) is 22.4. The molecule has 2 amide bonds. The molecule has 0 spiro atoms. The number of hydrogen-bond donors (Lipinski definition) is 0. The Morgan fingerprint density at radius 1 is 1.00 bits per heavy atom. The molecule has 0 radical (unpaired) electrons. The van der Waals surface area contributed by atoms with Crippen LogP contribution in [0.25, 0.3) is 6.08 Å². The minimum Gasteiger partial charge on any atom is -0.316 e. The largest absolute Gasteiger partial charge is 0.416 e. The summed E-state index contributed by atoms with van der Waals surface area (Å²) in [5.41, 5.74) is -4.48. The summed E-state index contributed by atoms with van der Waals surface area (Å²) in [6.07, 6.45) is -7.48. The molecule has 0 saturated carbocycles. The van der Waals surface area contributed by atoms with E-state index in [9.17, 15) is 40.7 Å². The lowest BCUT2D eigenvalue weighted by molar-refractivity contribution is -0.162. The number of hydrogen-bond acceptors (Lipinski definition) is 3. The number of rotatable bonds is 3. The number of ketones is 1. The van der Waals surface area contributed by atoms with Crippen LogP contribution in [-0.4, -0.2) is 39.5 Å². The molecule has 2 bridgehead atoms. The fraction of sp³-hybridized carbons (Fsp3) is 0.542. The van der Waals surface area contributed by atoms with Crippen molar-refractivity contribution >= 4 is 23.7 Å². The topological polar surface area (TPSA) is 57.7 Å². The molecular formula is C24H24F6N2O3. The summed E-state index contributed by atoms with van der Waals surface area (Å²) in [4.78, 5) is 41.8. The Kier molecular flexibility index (Phi) is 5.84. The zero-order chi connectivity index (χ0) is 26.1. The number of piperazine rings is 1. The van der Waals surface area contributed by atoms with Crippen molar-refractivity contribution in [3.05, 3.63) is 40.1 Å². The highest BCUT2D eigenvalue weighted by Crippen LogP contribution is 2.45. The zero-order valence-electron chi connectivity index (χ0n) is 19.3. The van der Waals surface area contributed by atoms with Gasteiger partial charge in [0.15, 0.2) is 0 Å². The van der Waals surface area contributed by atoms with Crippen LogP contribution >= 0.6 is 0 Å². The van der Waals surface area contributed by atoms with Crippen LogP contribution in [0.5, 0.6) is 0 Å². The van der Waals surface area contributed by atoms with Crippen LogP contribution in [0.4, 0.5) is 26.3 Å². The third kappa shape index (κ3) is 4.12.